The lowest BCUT2D eigenvalue weighted by atomic mass is 10.1. The molecule has 17 heavy (non-hydrogen) atoms. The zero-order valence-corrected chi connectivity index (χ0v) is 10.0. The van der Waals surface area contributed by atoms with Crippen molar-refractivity contribution in [3.05, 3.63) is 23.8 Å². The Bertz CT molecular complexity index is 468. The van der Waals surface area contributed by atoms with E-state index < -0.39 is 11.7 Å². The second kappa shape index (κ2) is 4.57. The summed E-state index contributed by atoms with van der Waals surface area (Å²) < 4.78 is 5.06. The highest BCUT2D eigenvalue weighted by atomic mass is 16.5. The summed E-state index contributed by atoms with van der Waals surface area (Å²) in [7, 11) is 1.54. The van der Waals surface area contributed by atoms with Gasteiger partial charge < -0.3 is 9.64 Å². The summed E-state index contributed by atoms with van der Waals surface area (Å²) in [5.41, 5.74) is 1.15. The summed E-state index contributed by atoms with van der Waals surface area (Å²) in [5, 5.41) is 0. The molecule has 1 aromatic carbocycles. The van der Waals surface area contributed by atoms with Crippen molar-refractivity contribution in [2.24, 2.45) is 0 Å². The van der Waals surface area contributed by atoms with Gasteiger partial charge in [0.1, 0.15) is 5.75 Å². The van der Waals surface area contributed by atoms with Gasteiger partial charge in [-0.1, -0.05) is 13.3 Å². The summed E-state index contributed by atoms with van der Waals surface area (Å²) >= 11 is 0. The van der Waals surface area contributed by atoms with E-state index in [1.165, 1.54) is 7.11 Å². The number of fused-ring (bicyclic) bond motifs is 1. The molecule has 2 rings (SSSR count). The molecule has 1 aromatic rings. The summed E-state index contributed by atoms with van der Waals surface area (Å²) in [4.78, 5) is 25.2. The van der Waals surface area contributed by atoms with Crippen LogP contribution in [0.3, 0.4) is 0 Å². The van der Waals surface area contributed by atoms with Gasteiger partial charge in [-0.25, -0.2) is 0 Å². The minimum atomic E-state index is -0.435. The van der Waals surface area contributed by atoms with Gasteiger partial charge in [-0.15, -0.1) is 0 Å². The van der Waals surface area contributed by atoms with E-state index >= 15 is 0 Å². The Balaban J connectivity index is 2.36. The number of amides is 1. The molecule has 4 heteroatoms. The number of nitrogens with zero attached hydrogens (tertiary/aromatic N) is 1. The van der Waals surface area contributed by atoms with E-state index in [2.05, 4.69) is 6.92 Å². The molecule has 0 spiro atoms. The zero-order chi connectivity index (χ0) is 12.4. The number of anilines is 1. The molecule has 0 saturated carbocycles. The highest BCUT2D eigenvalue weighted by molar-refractivity contribution is 6.52. The van der Waals surface area contributed by atoms with Gasteiger partial charge >= 0.3 is 0 Å². The number of benzene rings is 1. The van der Waals surface area contributed by atoms with Crippen LogP contribution in [0.2, 0.25) is 0 Å². The molecule has 0 saturated heterocycles. The van der Waals surface area contributed by atoms with Gasteiger partial charge in [0.25, 0.3) is 11.7 Å². The Labute approximate surface area is 100 Å². The average molecular weight is 233 g/mol. The van der Waals surface area contributed by atoms with Crippen molar-refractivity contribution in [3.63, 3.8) is 0 Å². The zero-order valence-electron chi connectivity index (χ0n) is 10.0. The first-order valence-corrected chi connectivity index (χ1v) is 5.73. The second-order valence-electron chi connectivity index (χ2n) is 4.02. The van der Waals surface area contributed by atoms with Crippen LogP contribution in [0.4, 0.5) is 5.69 Å². The molecule has 4 nitrogen and oxygen atoms in total. The van der Waals surface area contributed by atoms with E-state index in [-0.39, 0.29) is 0 Å². The Morgan fingerprint density at radius 2 is 2.06 bits per heavy atom. The lowest BCUT2D eigenvalue weighted by Crippen LogP contribution is -2.30. The lowest BCUT2D eigenvalue weighted by molar-refractivity contribution is -0.114. The first-order chi connectivity index (χ1) is 8.19. The van der Waals surface area contributed by atoms with Crippen molar-refractivity contribution in [2.45, 2.75) is 19.8 Å². The molecular formula is C13H15NO3. The van der Waals surface area contributed by atoms with Crippen molar-refractivity contribution < 1.29 is 14.3 Å². The molecule has 1 aliphatic rings. The molecule has 0 fully saturated rings. The van der Waals surface area contributed by atoms with E-state index in [1.54, 1.807) is 23.1 Å². The van der Waals surface area contributed by atoms with Crippen molar-refractivity contribution in [1.29, 1.82) is 0 Å². The molecule has 0 aromatic heterocycles. The van der Waals surface area contributed by atoms with Crippen LogP contribution in [-0.2, 0) is 4.79 Å². The van der Waals surface area contributed by atoms with Crippen molar-refractivity contribution in [1.82, 2.24) is 0 Å². The third kappa shape index (κ3) is 1.90. The minimum Gasteiger partial charge on any atom is -0.497 e. The number of hydrogen-bond donors (Lipinski definition) is 0. The fourth-order valence-electron chi connectivity index (χ4n) is 1.94. The molecule has 1 aliphatic heterocycles. The van der Waals surface area contributed by atoms with E-state index in [0.29, 0.717) is 23.5 Å². The summed E-state index contributed by atoms with van der Waals surface area (Å²) in [6.07, 6.45) is 1.88. The van der Waals surface area contributed by atoms with Crippen molar-refractivity contribution in [3.8, 4) is 5.75 Å². The van der Waals surface area contributed by atoms with E-state index in [0.717, 1.165) is 12.8 Å². The smallest absolute Gasteiger partial charge is 0.299 e. The van der Waals surface area contributed by atoms with Gasteiger partial charge in [0.2, 0.25) is 0 Å². The fraction of sp³-hybridized carbons (Fsp3) is 0.385. The number of rotatable bonds is 4. The molecular weight excluding hydrogens is 218 g/mol. The molecule has 1 amide bonds. The number of hydrogen-bond acceptors (Lipinski definition) is 3. The monoisotopic (exact) mass is 233 g/mol. The maximum absolute atomic E-state index is 11.8. The van der Waals surface area contributed by atoms with Gasteiger partial charge in [0, 0.05) is 6.54 Å². The lowest BCUT2D eigenvalue weighted by Gasteiger charge is -2.15. The van der Waals surface area contributed by atoms with Crippen LogP contribution in [0.1, 0.15) is 30.1 Å². The Morgan fingerprint density at radius 3 is 2.71 bits per heavy atom. The Hall–Kier alpha value is -1.84. The third-order valence-electron chi connectivity index (χ3n) is 2.91. The number of Topliss-reactive ketones (excluding diaryl/α,β-unsaturated/α-hetero) is 1. The average Bonchev–Trinajstić information content (AvgIpc) is 2.60. The quantitative estimate of drug-likeness (QED) is 0.747. The maximum atomic E-state index is 11.8. The minimum absolute atomic E-state index is 0.429. The SMILES string of the molecule is CCCCN1C(=O)C(=O)c2cc(OC)ccc21. The predicted octanol–water partition coefficient (Wildman–Crippen LogP) is 2.02. The van der Waals surface area contributed by atoms with Crippen LogP contribution < -0.4 is 9.64 Å². The van der Waals surface area contributed by atoms with E-state index in [9.17, 15) is 9.59 Å². The van der Waals surface area contributed by atoms with Crippen LogP contribution in [0.15, 0.2) is 18.2 Å². The number of carbonyl (C=O) groups is 2. The van der Waals surface area contributed by atoms with Crippen molar-refractivity contribution in [2.75, 3.05) is 18.6 Å². The molecule has 0 bridgehead atoms. The van der Waals surface area contributed by atoms with Crippen LogP contribution in [-0.4, -0.2) is 25.3 Å². The largest absolute Gasteiger partial charge is 0.497 e. The Morgan fingerprint density at radius 1 is 1.29 bits per heavy atom. The van der Waals surface area contributed by atoms with E-state index in [4.69, 9.17) is 4.74 Å². The van der Waals surface area contributed by atoms with Gasteiger partial charge in [-0.2, -0.15) is 0 Å². The summed E-state index contributed by atoms with van der Waals surface area (Å²) in [5.74, 6) is -0.265. The number of ketones is 1. The van der Waals surface area contributed by atoms with Crippen LogP contribution >= 0.6 is 0 Å². The normalized spacial score (nSPS) is 14.1. The molecule has 90 valence electrons. The summed E-state index contributed by atoms with van der Waals surface area (Å²) in [6.45, 7) is 2.65. The van der Waals surface area contributed by atoms with Gasteiger partial charge in [0.05, 0.1) is 18.4 Å². The van der Waals surface area contributed by atoms with Gasteiger partial charge in [-0.05, 0) is 24.6 Å². The van der Waals surface area contributed by atoms with Crippen LogP contribution in [0.25, 0.3) is 0 Å². The van der Waals surface area contributed by atoms with Gasteiger partial charge in [-0.3, -0.25) is 9.59 Å². The third-order valence-corrected chi connectivity index (χ3v) is 2.91. The standard InChI is InChI=1S/C13H15NO3/c1-3-4-7-14-11-6-5-9(17-2)8-10(11)12(15)13(14)16/h5-6,8H,3-4,7H2,1-2H3. The molecule has 0 unspecified atom stereocenters. The summed E-state index contributed by atoms with van der Waals surface area (Å²) in [6, 6.07) is 5.16. The second-order valence-corrected chi connectivity index (χ2v) is 4.02. The van der Waals surface area contributed by atoms with Crippen LogP contribution in [0.5, 0.6) is 5.75 Å². The maximum Gasteiger partial charge on any atom is 0.299 e. The van der Waals surface area contributed by atoms with E-state index in [1.807, 2.05) is 0 Å². The number of unbranched alkanes of at least 4 members (excludes halogenated alkanes) is 1. The fourth-order valence-corrected chi connectivity index (χ4v) is 1.94. The molecule has 0 atom stereocenters. The molecule has 1 heterocycles. The molecule has 0 radical (unpaired) electrons. The number of ether oxygens (including phenoxy) is 1. The first kappa shape index (κ1) is 11.6. The molecule has 0 aliphatic carbocycles. The number of carbonyl (C=O) groups excluding carboxylic acids is 2. The van der Waals surface area contributed by atoms with Crippen LogP contribution in [0, 0.1) is 0 Å². The number of methoxy groups -OCH3 is 1. The van der Waals surface area contributed by atoms with Crippen molar-refractivity contribution >= 4 is 17.4 Å². The highest BCUT2D eigenvalue weighted by Gasteiger charge is 2.35. The topological polar surface area (TPSA) is 46.6 Å². The molecule has 0 N–H and O–H groups in total. The van der Waals surface area contributed by atoms with Gasteiger partial charge in [0.15, 0.2) is 0 Å². The highest BCUT2D eigenvalue weighted by Crippen LogP contribution is 2.32. The predicted molar refractivity (Wildman–Crippen MR) is 64.6 cm³/mol. The Kier molecular flexibility index (Phi) is 3.13. The first-order valence-electron chi connectivity index (χ1n) is 5.73.